The number of methoxy groups -OCH3 is 1. The monoisotopic (exact) mass is 272 g/mol. The summed E-state index contributed by atoms with van der Waals surface area (Å²) >= 11 is 0. The molecule has 5 heteroatoms. The van der Waals surface area contributed by atoms with Crippen LogP contribution in [0.2, 0.25) is 0 Å². The van der Waals surface area contributed by atoms with Crippen molar-refractivity contribution in [3.05, 3.63) is 59.7 Å². The van der Waals surface area contributed by atoms with Crippen molar-refractivity contribution >= 4 is 11.6 Å². The van der Waals surface area contributed by atoms with E-state index in [1.54, 1.807) is 37.4 Å². The second-order valence-electron chi connectivity index (χ2n) is 4.15. The average molecular weight is 272 g/mol. The van der Waals surface area contributed by atoms with Crippen LogP contribution < -0.4 is 16.0 Å². The lowest BCUT2D eigenvalue weighted by atomic mass is 10.2. The van der Waals surface area contributed by atoms with Crippen LogP contribution in [0.15, 0.2) is 48.5 Å². The number of nitrogen functional groups attached to an aromatic ring is 1. The fraction of sp³-hybridized carbons (Fsp3) is 0.133. The molecule has 0 aliphatic carbocycles. The minimum atomic E-state index is -0.335. The second-order valence-corrected chi connectivity index (χ2v) is 4.15. The lowest BCUT2D eigenvalue weighted by Crippen LogP contribution is -2.23. The van der Waals surface area contributed by atoms with Crippen molar-refractivity contribution in [3.63, 3.8) is 0 Å². The number of para-hydroxylation sites is 1. The summed E-state index contributed by atoms with van der Waals surface area (Å²) in [5.41, 5.74) is 10.1. The Morgan fingerprint density at radius 1 is 1.20 bits per heavy atom. The van der Waals surface area contributed by atoms with Crippen LogP contribution in [0.4, 0.5) is 5.69 Å². The zero-order chi connectivity index (χ0) is 14.4. The molecule has 0 saturated heterocycles. The summed E-state index contributed by atoms with van der Waals surface area (Å²) in [6.45, 7) is 0.211. The molecule has 2 aromatic carbocycles. The molecule has 0 heterocycles. The molecule has 0 aliphatic heterocycles. The van der Waals surface area contributed by atoms with E-state index < -0.39 is 0 Å². The van der Waals surface area contributed by atoms with Crippen molar-refractivity contribution in [1.82, 2.24) is 5.48 Å². The van der Waals surface area contributed by atoms with Crippen molar-refractivity contribution in [3.8, 4) is 5.75 Å². The van der Waals surface area contributed by atoms with Gasteiger partial charge >= 0.3 is 0 Å². The highest BCUT2D eigenvalue weighted by atomic mass is 16.6. The van der Waals surface area contributed by atoms with Crippen LogP contribution in [-0.2, 0) is 11.4 Å². The number of benzene rings is 2. The molecule has 104 valence electrons. The largest absolute Gasteiger partial charge is 0.497 e. The summed E-state index contributed by atoms with van der Waals surface area (Å²) in [6.07, 6.45) is 0. The third kappa shape index (κ3) is 3.49. The molecule has 0 unspecified atom stereocenters. The molecule has 3 N–H and O–H groups in total. The first-order valence-corrected chi connectivity index (χ1v) is 6.10. The van der Waals surface area contributed by atoms with Gasteiger partial charge in [0.15, 0.2) is 0 Å². The maximum Gasteiger partial charge on any atom is 0.274 e. The molecule has 0 bridgehead atoms. The number of hydrogen-bond donors (Lipinski definition) is 2. The van der Waals surface area contributed by atoms with E-state index in [1.807, 2.05) is 18.2 Å². The molecule has 2 aromatic rings. The van der Waals surface area contributed by atoms with Gasteiger partial charge in [0.1, 0.15) is 12.4 Å². The fourth-order valence-corrected chi connectivity index (χ4v) is 1.67. The molecule has 0 radical (unpaired) electrons. The third-order valence-electron chi connectivity index (χ3n) is 2.78. The van der Waals surface area contributed by atoms with E-state index >= 15 is 0 Å². The summed E-state index contributed by atoms with van der Waals surface area (Å²) < 4.78 is 5.06. The first kappa shape index (κ1) is 13.9. The number of carbonyl (C=O) groups excluding carboxylic acids is 1. The summed E-state index contributed by atoms with van der Waals surface area (Å²) in [7, 11) is 1.55. The Bertz CT molecular complexity index is 599. The second kappa shape index (κ2) is 6.58. The predicted molar refractivity (Wildman–Crippen MR) is 76.1 cm³/mol. The van der Waals surface area contributed by atoms with Gasteiger partial charge in [0.2, 0.25) is 0 Å². The van der Waals surface area contributed by atoms with E-state index in [2.05, 4.69) is 5.48 Å². The molecule has 5 nitrogen and oxygen atoms in total. The Morgan fingerprint density at radius 3 is 2.75 bits per heavy atom. The third-order valence-corrected chi connectivity index (χ3v) is 2.78. The molecule has 0 saturated carbocycles. The van der Waals surface area contributed by atoms with Crippen molar-refractivity contribution in [2.75, 3.05) is 12.8 Å². The molecule has 0 atom stereocenters. The number of anilines is 1. The Balaban J connectivity index is 1.91. The zero-order valence-corrected chi connectivity index (χ0v) is 11.1. The van der Waals surface area contributed by atoms with Gasteiger partial charge in [-0.2, -0.15) is 0 Å². The van der Waals surface area contributed by atoms with Crippen LogP contribution in [0.1, 0.15) is 15.9 Å². The minimum Gasteiger partial charge on any atom is -0.497 e. The van der Waals surface area contributed by atoms with Gasteiger partial charge in [-0.25, -0.2) is 5.48 Å². The number of hydroxylamine groups is 1. The van der Waals surface area contributed by atoms with Gasteiger partial charge in [0, 0.05) is 16.8 Å². The predicted octanol–water partition coefficient (Wildman–Crippen LogP) is 2.14. The molecule has 0 aliphatic rings. The molecule has 1 amide bonds. The number of carbonyl (C=O) groups is 1. The van der Waals surface area contributed by atoms with Gasteiger partial charge in [0.05, 0.1) is 7.11 Å². The summed E-state index contributed by atoms with van der Waals surface area (Å²) in [6, 6.07) is 14.1. The zero-order valence-electron chi connectivity index (χ0n) is 11.1. The standard InChI is InChI=1S/C15H16N2O3/c1-19-13-7-4-6-11(9-13)15(18)17-20-10-12-5-2-3-8-14(12)16/h2-9H,10,16H2,1H3,(H,17,18). The number of nitrogens with two attached hydrogens (primary N) is 1. The van der Waals surface area contributed by atoms with Crippen molar-refractivity contribution < 1.29 is 14.4 Å². The van der Waals surface area contributed by atoms with Crippen LogP contribution in [0.25, 0.3) is 0 Å². The Labute approximate surface area is 117 Å². The SMILES string of the molecule is COc1cccc(C(=O)NOCc2ccccc2N)c1. The van der Waals surface area contributed by atoms with E-state index in [-0.39, 0.29) is 12.5 Å². The Morgan fingerprint density at radius 2 is 2.00 bits per heavy atom. The number of ether oxygens (including phenoxy) is 1. The molecular weight excluding hydrogens is 256 g/mol. The minimum absolute atomic E-state index is 0.211. The summed E-state index contributed by atoms with van der Waals surface area (Å²) in [5.74, 6) is 0.281. The van der Waals surface area contributed by atoms with Crippen molar-refractivity contribution in [2.45, 2.75) is 6.61 Å². The van der Waals surface area contributed by atoms with Gasteiger partial charge in [-0.1, -0.05) is 24.3 Å². The van der Waals surface area contributed by atoms with Gasteiger partial charge in [-0.3, -0.25) is 9.63 Å². The molecule has 0 spiro atoms. The topological polar surface area (TPSA) is 73.6 Å². The van der Waals surface area contributed by atoms with E-state index in [0.29, 0.717) is 17.0 Å². The van der Waals surface area contributed by atoms with Crippen LogP contribution in [0, 0.1) is 0 Å². The lowest BCUT2D eigenvalue weighted by molar-refractivity contribution is 0.0235. The fourth-order valence-electron chi connectivity index (χ4n) is 1.67. The van der Waals surface area contributed by atoms with Crippen LogP contribution in [-0.4, -0.2) is 13.0 Å². The van der Waals surface area contributed by atoms with E-state index in [0.717, 1.165) is 5.56 Å². The Kier molecular flexibility index (Phi) is 4.57. The molecule has 0 aromatic heterocycles. The maximum absolute atomic E-state index is 11.9. The number of amides is 1. The highest BCUT2D eigenvalue weighted by molar-refractivity contribution is 5.93. The number of nitrogens with one attached hydrogen (secondary N) is 1. The lowest BCUT2D eigenvalue weighted by Gasteiger charge is -2.08. The first-order chi connectivity index (χ1) is 9.70. The molecular formula is C15H16N2O3. The van der Waals surface area contributed by atoms with E-state index in [9.17, 15) is 4.79 Å². The van der Waals surface area contributed by atoms with Crippen LogP contribution in [0.5, 0.6) is 5.75 Å². The van der Waals surface area contributed by atoms with Crippen molar-refractivity contribution in [2.24, 2.45) is 0 Å². The van der Waals surface area contributed by atoms with Gasteiger partial charge in [-0.15, -0.1) is 0 Å². The molecule has 2 rings (SSSR count). The smallest absolute Gasteiger partial charge is 0.274 e. The Hall–Kier alpha value is -2.53. The average Bonchev–Trinajstić information content (AvgIpc) is 2.49. The van der Waals surface area contributed by atoms with Crippen LogP contribution >= 0.6 is 0 Å². The van der Waals surface area contributed by atoms with Gasteiger partial charge in [-0.05, 0) is 24.3 Å². The molecule has 20 heavy (non-hydrogen) atoms. The first-order valence-electron chi connectivity index (χ1n) is 6.10. The van der Waals surface area contributed by atoms with Crippen molar-refractivity contribution in [1.29, 1.82) is 0 Å². The van der Waals surface area contributed by atoms with E-state index in [1.165, 1.54) is 0 Å². The van der Waals surface area contributed by atoms with Gasteiger partial charge in [0.25, 0.3) is 5.91 Å². The highest BCUT2D eigenvalue weighted by Crippen LogP contribution is 2.13. The summed E-state index contributed by atoms with van der Waals surface area (Å²) in [4.78, 5) is 17.0. The van der Waals surface area contributed by atoms with Crippen LogP contribution in [0.3, 0.4) is 0 Å². The normalized spacial score (nSPS) is 10.1. The quantitative estimate of drug-likeness (QED) is 0.646. The summed E-state index contributed by atoms with van der Waals surface area (Å²) in [5, 5.41) is 0. The maximum atomic E-state index is 11.9. The highest BCUT2D eigenvalue weighted by Gasteiger charge is 2.07. The molecule has 0 fully saturated rings. The number of rotatable bonds is 5. The van der Waals surface area contributed by atoms with Gasteiger partial charge < -0.3 is 10.5 Å². The van der Waals surface area contributed by atoms with E-state index in [4.69, 9.17) is 15.3 Å². The number of hydrogen-bond acceptors (Lipinski definition) is 4.